The van der Waals surface area contributed by atoms with Crippen molar-refractivity contribution in [2.24, 2.45) is 11.3 Å². The number of hydrogen-bond acceptors (Lipinski definition) is 2. The molecular formula is C17H36O2. The lowest BCUT2D eigenvalue weighted by Gasteiger charge is -2.33. The molecule has 1 aliphatic carbocycles. The van der Waals surface area contributed by atoms with Gasteiger partial charge in [0.2, 0.25) is 0 Å². The quantitative estimate of drug-likeness (QED) is 0.446. The van der Waals surface area contributed by atoms with Crippen LogP contribution in [0.25, 0.3) is 0 Å². The van der Waals surface area contributed by atoms with Gasteiger partial charge in [0.05, 0.1) is 11.2 Å². The average Bonchev–Trinajstić information content (AvgIpc) is 2.11. The lowest BCUT2D eigenvalue weighted by molar-refractivity contribution is -0.393. The van der Waals surface area contributed by atoms with Crippen molar-refractivity contribution in [3.63, 3.8) is 0 Å². The molecule has 0 heterocycles. The Morgan fingerprint density at radius 3 is 1.53 bits per heavy atom. The highest BCUT2D eigenvalue weighted by Gasteiger charge is 2.24. The Morgan fingerprint density at radius 1 is 0.895 bits per heavy atom. The lowest BCUT2D eigenvalue weighted by Crippen LogP contribution is -2.27. The summed E-state index contributed by atoms with van der Waals surface area (Å²) < 4.78 is 0. The summed E-state index contributed by atoms with van der Waals surface area (Å²) in [7, 11) is 0. The summed E-state index contributed by atoms with van der Waals surface area (Å²) in [4.78, 5) is 10.2. The van der Waals surface area contributed by atoms with Crippen LogP contribution in [-0.4, -0.2) is 11.2 Å². The Bertz CT molecular complexity index is 229. The van der Waals surface area contributed by atoms with Crippen molar-refractivity contribution in [1.29, 1.82) is 0 Å². The molecule has 2 heteroatoms. The van der Waals surface area contributed by atoms with Gasteiger partial charge in [-0.15, -0.1) is 0 Å². The van der Waals surface area contributed by atoms with Gasteiger partial charge in [-0.3, -0.25) is 0 Å². The van der Waals surface area contributed by atoms with Crippen LogP contribution >= 0.6 is 0 Å². The monoisotopic (exact) mass is 272 g/mol. The SMILES string of the molecule is CC(C)(C)OOC(C)(C)C.CC1CCCC(C)(C)C1. The maximum absolute atomic E-state index is 5.09. The standard InChI is InChI=1S/C9H18.C8H18O2/c1-8-5-4-6-9(2,3)7-8;1-7(2,3)9-10-8(4,5)6/h8H,4-7H2,1-3H3;1-6H3. The van der Waals surface area contributed by atoms with Crippen LogP contribution in [0.15, 0.2) is 0 Å². The largest absolute Gasteiger partial charge is 0.230 e. The second-order valence-corrected chi connectivity index (χ2v) is 8.76. The second-order valence-electron chi connectivity index (χ2n) is 8.76. The molecule has 0 bridgehead atoms. The van der Waals surface area contributed by atoms with Crippen LogP contribution in [0.1, 0.15) is 88.0 Å². The molecule has 0 saturated heterocycles. The van der Waals surface area contributed by atoms with Crippen molar-refractivity contribution in [1.82, 2.24) is 0 Å². The second kappa shape index (κ2) is 7.08. The Balaban J connectivity index is 0.000000342. The van der Waals surface area contributed by atoms with Crippen molar-refractivity contribution >= 4 is 0 Å². The van der Waals surface area contributed by atoms with Crippen LogP contribution in [0.2, 0.25) is 0 Å². The molecule has 1 unspecified atom stereocenters. The Kier molecular flexibility index (Phi) is 7.05. The number of hydrogen-bond donors (Lipinski definition) is 0. The van der Waals surface area contributed by atoms with E-state index in [9.17, 15) is 0 Å². The van der Waals surface area contributed by atoms with Crippen molar-refractivity contribution in [3.8, 4) is 0 Å². The molecule has 0 radical (unpaired) electrons. The first-order valence-electron chi connectivity index (χ1n) is 7.68. The van der Waals surface area contributed by atoms with E-state index in [4.69, 9.17) is 9.78 Å². The summed E-state index contributed by atoms with van der Waals surface area (Å²) >= 11 is 0. The van der Waals surface area contributed by atoms with Gasteiger partial charge < -0.3 is 0 Å². The molecule has 0 N–H and O–H groups in total. The van der Waals surface area contributed by atoms with Crippen molar-refractivity contribution in [2.45, 2.75) is 99.2 Å². The predicted molar refractivity (Wildman–Crippen MR) is 83.1 cm³/mol. The predicted octanol–water partition coefficient (Wildman–Crippen LogP) is 5.75. The molecule has 0 amide bonds. The van der Waals surface area contributed by atoms with Gasteiger partial charge >= 0.3 is 0 Å². The molecule has 2 nitrogen and oxygen atoms in total. The molecule has 1 rings (SSSR count). The zero-order chi connectivity index (χ0) is 15.3. The van der Waals surface area contributed by atoms with Crippen LogP contribution < -0.4 is 0 Å². The Hall–Kier alpha value is -0.0800. The molecule has 0 aromatic heterocycles. The summed E-state index contributed by atoms with van der Waals surface area (Å²) in [6, 6.07) is 0. The molecule has 1 saturated carbocycles. The van der Waals surface area contributed by atoms with Crippen LogP contribution in [0, 0.1) is 11.3 Å². The maximum Gasteiger partial charge on any atom is 0.0952 e. The lowest BCUT2D eigenvalue weighted by atomic mass is 9.73. The van der Waals surface area contributed by atoms with E-state index < -0.39 is 0 Å². The van der Waals surface area contributed by atoms with E-state index in [0.717, 1.165) is 5.92 Å². The van der Waals surface area contributed by atoms with Gasteiger partial charge in [0, 0.05) is 0 Å². The van der Waals surface area contributed by atoms with Gasteiger partial charge in [0.25, 0.3) is 0 Å². The third-order valence-electron chi connectivity index (χ3n) is 2.99. The molecule has 0 aromatic rings. The third-order valence-corrected chi connectivity index (χ3v) is 2.99. The first kappa shape index (κ1) is 18.9. The highest BCUT2D eigenvalue weighted by atomic mass is 17.2. The fourth-order valence-corrected chi connectivity index (χ4v) is 2.33. The zero-order valence-corrected chi connectivity index (χ0v) is 14.7. The Morgan fingerprint density at radius 2 is 1.32 bits per heavy atom. The normalized spacial score (nSPS) is 23.5. The summed E-state index contributed by atoms with van der Waals surface area (Å²) in [6.07, 6.45) is 5.79. The highest BCUT2D eigenvalue weighted by Crippen LogP contribution is 2.37. The molecule has 1 fully saturated rings. The summed E-state index contributed by atoms with van der Waals surface area (Å²) in [6.45, 7) is 18.9. The van der Waals surface area contributed by atoms with Crippen LogP contribution in [0.5, 0.6) is 0 Å². The van der Waals surface area contributed by atoms with Gasteiger partial charge in [-0.2, -0.15) is 0 Å². The summed E-state index contributed by atoms with van der Waals surface area (Å²) in [5, 5.41) is 0. The smallest absolute Gasteiger partial charge is 0.0952 e. The topological polar surface area (TPSA) is 18.5 Å². The van der Waals surface area contributed by atoms with Gasteiger partial charge in [0.1, 0.15) is 0 Å². The maximum atomic E-state index is 5.09. The van der Waals surface area contributed by atoms with Crippen molar-refractivity contribution in [3.05, 3.63) is 0 Å². The van der Waals surface area contributed by atoms with Crippen molar-refractivity contribution in [2.75, 3.05) is 0 Å². The minimum Gasteiger partial charge on any atom is -0.230 e. The van der Waals surface area contributed by atoms with E-state index >= 15 is 0 Å². The molecular weight excluding hydrogens is 236 g/mol. The highest BCUT2D eigenvalue weighted by molar-refractivity contribution is 4.76. The van der Waals surface area contributed by atoms with E-state index in [1.54, 1.807) is 0 Å². The van der Waals surface area contributed by atoms with E-state index in [-0.39, 0.29) is 11.2 Å². The van der Waals surface area contributed by atoms with Crippen molar-refractivity contribution < 1.29 is 9.78 Å². The third kappa shape index (κ3) is 12.7. The van der Waals surface area contributed by atoms with Crippen LogP contribution in [-0.2, 0) is 9.78 Å². The van der Waals surface area contributed by atoms with Gasteiger partial charge in [-0.25, -0.2) is 9.78 Å². The van der Waals surface area contributed by atoms with Crippen LogP contribution in [0.4, 0.5) is 0 Å². The van der Waals surface area contributed by atoms with E-state index in [0.29, 0.717) is 5.41 Å². The molecule has 0 spiro atoms. The van der Waals surface area contributed by atoms with E-state index in [2.05, 4.69) is 20.8 Å². The molecule has 1 atom stereocenters. The first-order chi connectivity index (χ1) is 8.31. The molecule has 0 aliphatic heterocycles. The van der Waals surface area contributed by atoms with Gasteiger partial charge in [0.15, 0.2) is 0 Å². The molecule has 19 heavy (non-hydrogen) atoms. The van der Waals surface area contributed by atoms with E-state index in [1.807, 2.05) is 41.5 Å². The minimum absolute atomic E-state index is 0.215. The molecule has 0 aromatic carbocycles. The minimum atomic E-state index is -0.215. The zero-order valence-electron chi connectivity index (χ0n) is 14.7. The first-order valence-corrected chi connectivity index (χ1v) is 7.68. The van der Waals surface area contributed by atoms with Gasteiger partial charge in [-0.1, -0.05) is 33.6 Å². The Labute approximate surface area is 121 Å². The molecule has 1 aliphatic rings. The fourth-order valence-electron chi connectivity index (χ4n) is 2.33. The number of rotatable bonds is 1. The summed E-state index contributed by atoms with van der Waals surface area (Å²) in [5.74, 6) is 0.980. The fraction of sp³-hybridized carbons (Fsp3) is 1.00. The van der Waals surface area contributed by atoms with Gasteiger partial charge in [-0.05, 0) is 65.7 Å². The molecule has 116 valence electrons. The average molecular weight is 272 g/mol. The summed E-state index contributed by atoms with van der Waals surface area (Å²) in [5.41, 5.74) is 0.220. The van der Waals surface area contributed by atoms with Crippen LogP contribution in [0.3, 0.4) is 0 Å². The van der Waals surface area contributed by atoms with E-state index in [1.165, 1.54) is 25.7 Å².